The van der Waals surface area contributed by atoms with Crippen molar-refractivity contribution in [3.05, 3.63) is 71.8 Å². The van der Waals surface area contributed by atoms with Crippen LogP contribution in [0.4, 0.5) is 0 Å². The molecule has 0 spiro atoms. The Morgan fingerprint density at radius 2 is 1.59 bits per heavy atom. The first-order valence-electron chi connectivity index (χ1n) is 9.92. The first-order valence-corrected chi connectivity index (χ1v) is 9.92. The van der Waals surface area contributed by atoms with Gasteiger partial charge in [-0.2, -0.15) is 0 Å². The van der Waals surface area contributed by atoms with E-state index in [2.05, 4.69) is 48.7 Å². The quantitative estimate of drug-likeness (QED) is 0.308. The molecule has 27 heavy (non-hydrogen) atoms. The zero-order chi connectivity index (χ0) is 19.3. The van der Waals surface area contributed by atoms with Crippen molar-refractivity contribution in [2.45, 2.75) is 51.4 Å². The van der Waals surface area contributed by atoms with Gasteiger partial charge in [-0.05, 0) is 17.5 Å². The first kappa shape index (κ1) is 21.6. The van der Waals surface area contributed by atoms with Crippen molar-refractivity contribution < 1.29 is 9.47 Å². The molecule has 2 rings (SSSR count). The molecule has 4 heteroatoms. The van der Waals surface area contributed by atoms with Gasteiger partial charge in [-0.3, -0.25) is 0 Å². The second kappa shape index (κ2) is 12.6. The van der Waals surface area contributed by atoms with Gasteiger partial charge in [0.25, 0.3) is 0 Å². The maximum atomic E-state index is 6.22. The van der Waals surface area contributed by atoms with Crippen LogP contribution in [0.25, 0.3) is 0 Å². The summed E-state index contributed by atoms with van der Waals surface area (Å²) in [6.07, 6.45) is 4.63. The van der Waals surface area contributed by atoms with Crippen molar-refractivity contribution in [1.82, 2.24) is 10.4 Å². The normalized spacial score (nSPS) is 13.6. The minimum atomic E-state index is 0.0529. The standard InChI is InChI=1S/C23H34N2O2/c1-4-5-8-17-22(27-19-26-18-20-13-9-6-10-14-20)23(24-25(2)3)21-15-11-7-12-16-21/h6-7,9-16,22-24H,4-5,8,17-19H2,1-3H3/t22-,23-/m0/s1. The lowest BCUT2D eigenvalue weighted by Crippen LogP contribution is -2.41. The van der Waals surface area contributed by atoms with Crippen LogP contribution in [0.5, 0.6) is 0 Å². The van der Waals surface area contributed by atoms with Gasteiger partial charge in [-0.15, -0.1) is 0 Å². The fraction of sp³-hybridized carbons (Fsp3) is 0.478. The third-order valence-corrected chi connectivity index (χ3v) is 4.50. The summed E-state index contributed by atoms with van der Waals surface area (Å²) in [5, 5.41) is 2.00. The molecule has 0 aliphatic carbocycles. The molecule has 0 aromatic heterocycles. The van der Waals surface area contributed by atoms with Crippen LogP contribution in [0.3, 0.4) is 0 Å². The van der Waals surface area contributed by atoms with Gasteiger partial charge in [0.2, 0.25) is 0 Å². The number of hydrazine groups is 1. The fourth-order valence-electron chi connectivity index (χ4n) is 3.12. The predicted molar refractivity (Wildman–Crippen MR) is 111 cm³/mol. The van der Waals surface area contributed by atoms with Crippen LogP contribution in [-0.4, -0.2) is 32.0 Å². The van der Waals surface area contributed by atoms with Gasteiger partial charge in [0.1, 0.15) is 6.79 Å². The fourth-order valence-corrected chi connectivity index (χ4v) is 3.12. The van der Waals surface area contributed by atoms with Gasteiger partial charge in [0.15, 0.2) is 0 Å². The Balaban J connectivity index is 1.98. The molecule has 0 amide bonds. The van der Waals surface area contributed by atoms with Crippen LogP contribution in [0.1, 0.15) is 49.8 Å². The van der Waals surface area contributed by atoms with E-state index >= 15 is 0 Å². The topological polar surface area (TPSA) is 33.7 Å². The van der Waals surface area contributed by atoms with E-state index in [9.17, 15) is 0 Å². The van der Waals surface area contributed by atoms with Crippen LogP contribution in [-0.2, 0) is 16.1 Å². The smallest absolute Gasteiger partial charge is 0.147 e. The summed E-state index contributed by atoms with van der Waals surface area (Å²) in [5.41, 5.74) is 5.93. The Hall–Kier alpha value is -1.72. The Morgan fingerprint density at radius 1 is 0.926 bits per heavy atom. The van der Waals surface area contributed by atoms with Crippen LogP contribution in [0, 0.1) is 0 Å². The van der Waals surface area contributed by atoms with Crippen LogP contribution in [0.2, 0.25) is 0 Å². The molecule has 0 aliphatic heterocycles. The highest BCUT2D eigenvalue weighted by molar-refractivity contribution is 5.20. The van der Waals surface area contributed by atoms with Gasteiger partial charge in [0.05, 0.1) is 18.8 Å². The van der Waals surface area contributed by atoms with Crippen molar-refractivity contribution in [1.29, 1.82) is 0 Å². The maximum Gasteiger partial charge on any atom is 0.147 e. The Morgan fingerprint density at radius 3 is 2.22 bits per heavy atom. The summed E-state index contributed by atoms with van der Waals surface area (Å²) in [5.74, 6) is 0. The van der Waals surface area contributed by atoms with E-state index in [0.717, 1.165) is 18.4 Å². The zero-order valence-electron chi connectivity index (χ0n) is 16.9. The lowest BCUT2D eigenvalue weighted by Gasteiger charge is -2.31. The van der Waals surface area contributed by atoms with E-state index in [4.69, 9.17) is 9.47 Å². The van der Waals surface area contributed by atoms with Crippen molar-refractivity contribution in [2.24, 2.45) is 0 Å². The summed E-state index contributed by atoms with van der Waals surface area (Å²) in [4.78, 5) is 0. The van der Waals surface area contributed by atoms with Gasteiger partial charge < -0.3 is 9.47 Å². The second-order valence-corrected chi connectivity index (χ2v) is 7.06. The molecule has 1 N–H and O–H groups in total. The molecule has 0 fully saturated rings. The SMILES string of the molecule is CCCCC[C@H](OCOCc1ccccc1)[C@@H](NN(C)C)c1ccccc1. The number of nitrogens with zero attached hydrogens (tertiary/aromatic N) is 1. The molecule has 0 aliphatic rings. The number of hydrogen-bond donors (Lipinski definition) is 1. The first-order chi connectivity index (χ1) is 13.2. The van der Waals surface area contributed by atoms with E-state index in [1.54, 1.807) is 0 Å². The summed E-state index contributed by atoms with van der Waals surface area (Å²) in [6.45, 7) is 3.09. The Bertz CT molecular complexity index is 604. The molecular weight excluding hydrogens is 336 g/mol. The van der Waals surface area contributed by atoms with Gasteiger partial charge >= 0.3 is 0 Å². The van der Waals surface area contributed by atoms with Gasteiger partial charge in [0, 0.05) is 14.1 Å². The molecule has 0 heterocycles. The molecule has 2 aromatic carbocycles. The molecule has 0 unspecified atom stereocenters. The zero-order valence-corrected chi connectivity index (χ0v) is 16.9. The van der Waals surface area contributed by atoms with Gasteiger partial charge in [-0.25, -0.2) is 10.4 Å². The molecule has 0 saturated heterocycles. The number of ether oxygens (including phenoxy) is 2. The molecule has 2 atom stereocenters. The average molecular weight is 371 g/mol. The van der Waals surface area contributed by atoms with Crippen molar-refractivity contribution in [3.63, 3.8) is 0 Å². The monoisotopic (exact) mass is 370 g/mol. The highest BCUT2D eigenvalue weighted by Gasteiger charge is 2.24. The molecule has 0 bridgehead atoms. The number of benzene rings is 2. The molecule has 0 radical (unpaired) electrons. The second-order valence-electron chi connectivity index (χ2n) is 7.06. The van der Waals surface area contributed by atoms with E-state index < -0.39 is 0 Å². The molecule has 2 aromatic rings. The average Bonchev–Trinajstić information content (AvgIpc) is 2.69. The van der Waals surface area contributed by atoms with Crippen molar-refractivity contribution in [2.75, 3.05) is 20.9 Å². The highest BCUT2D eigenvalue weighted by atomic mass is 16.7. The molecular formula is C23H34N2O2. The Labute approximate surface area is 164 Å². The van der Waals surface area contributed by atoms with E-state index in [0.29, 0.717) is 13.4 Å². The van der Waals surface area contributed by atoms with Crippen molar-refractivity contribution in [3.8, 4) is 0 Å². The van der Waals surface area contributed by atoms with Crippen LogP contribution < -0.4 is 5.43 Å². The summed E-state index contributed by atoms with van der Waals surface area (Å²) >= 11 is 0. The Kier molecular flexibility index (Phi) is 10.1. The highest BCUT2D eigenvalue weighted by Crippen LogP contribution is 2.24. The summed E-state index contributed by atoms with van der Waals surface area (Å²) in [7, 11) is 4.04. The summed E-state index contributed by atoms with van der Waals surface area (Å²) < 4.78 is 12.0. The van der Waals surface area contributed by atoms with Crippen LogP contribution in [0.15, 0.2) is 60.7 Å². The maximum absolute atomic E-state index is 6.22. The number of nitrogens with one attached hydrogen (secondary N) is 1. The third-order valence-electron chi connectivity index (χ3n) is 4.50. The number of hydrogen-bond acceptors (Lipinski definition) is 4. The van der Waals surface area contributed by atoms with E-state index in [-0.39, 0.29) is 12.1 Å². The lowest BCUT2D eigenvalue weighted by molar-refractivity contribution is -0.113. The van der Waals surface area contributed by atoms with Gasteiger partial charge in [-0.1, -0.05) is 86.8 Å². The lowest BCUT2D eigenvalue weighted by atomic mass is 9.97. The molecule has 0 saturated carbocycles. The summed E-state index contributed by atoms with van der Waals surface area (Å²) in [6, 6.07) is 20.8. The van der Waals surface area contributed by atoms with Crippen LogP contribution >= 0.6 is 0 Å². The predicted octanol–water partition coefficient (Wildman–Crippen LogP) is 4.93. The minimum absolute atomic E-state index is 0.0529. The largest absolute Gasteiger partial charge is 0.351 e. The van der Waals surface area contributed by atoms with Crippen molar-refractivity contribution >= 4 is 0 Å². The van der Waals surface area contributed by atoms with E-state index in [1.165, 1.54) is 18.4 Å². The number of unbranched alkanes of at least 4 members (excludes halogenated alkanes) is 2. The van der Waals surface area contributed by atoms with E-state index in [1.807, 2.05) is 43.4 Å². The number of rotatable bonds is 13. The molecule has 148 valence electrons. The minimum Gasteiger partial charge on any atom is -0.351 e. The molecule has 4 nitrogen and oxygen atoms in total. The third kappa shape index (κ3) is 8.22.